The number of carbonyl (C=O) groups excluding carboxylic acids is 1. The van der Waals surface area contributed by atoms with Gasteiger partial charge in [0.05, 0.1) is 24.7 Å². The van der Waals surface area contributed by atoms with E-state index in [1.807, 2.05) is 23.9 Å². The zero-order valence-electron chi connectivity index (χ0n) is 12.6. The summed E-state index contributed by atoms with van der Waals surface area (Å²) in [5.41, 5.74) is -0.701. The summed E-state index contributed by atoms with van der Waals surface area (Å²) >= 11 is 0. The average Bonchev–Trinajstić information content (AvgIpc) is 2.98. The Balaban J connectivity index is 1.66. The molecule has 6 heteroatoms. The second-order valence-electron chi connectivity index (χ2n) is 5.70. The Hall–Kier alpha value is -1.40. The highest BCUT2D eigenvalue weighted by molar-refractivity contribution is 5.72. The standard InChI is InChI=1S/C15H25N3O3/c1-2-21-14(19)13-4-6-15(20,7-5-13)12-16-9-11-18-10-3-8-17-18/h3,8,10,13,16,20H,2,4-7,9,11-12H2,1H3. The van der Waals surface area contributed by atoms with Crippen LogP contribution < -0.4 is 5.32 Å². The number of hydrogen-bond donors (Lipinski definition) is 2. The van der Waals surface area contributed by atoms with Crippen LogP contribution in [0.15, 0.2) is 18.5 Å². The predicted molar refractivity (Wildman–Crippen MR) is 78.6 cm³/mol. The third-order valence-electron chi connectivity index (χ3n) is 4.07. The van der Waals surface area contributed by atoms with Crippen LogP contribution in [-0.2, 0) is 16.1 Å². The Kier molecular flexibility index (Phi) is 5.76. The molecule has 1 fully saturated rings. The topological polar surface area (TPSA) is 76.4 Å². The Labute approximate surface area is 125 Å². The van der Waals surface area contributed by atoms with Gasteiger partial charge in [-0.05, 0) is 38.7 Å². The number of esters is 1. The highest BCUT2D eigenvalue weighted by atomic mass is 16.5. The van der Waals surface area contributed by atoms with Crippen LogP contribution >= 0.6 is 0 Å². The fourth-order valence-corrected chi connectivity index (χ4v) is 2.78. The number of nitrogens with zero attached hydrogens (tertiary/aromatic N) is 2. The molecule has 0 aliphatic heterocycles. The minimum Gasteiger partial charge on any atom is -0.466 e. The van der Waals surface area contributed by atoms with Crippen molar-refractivity contribution in [1.82, 2.24) is 15.1 Å². The van der Waals surface area contributed by atoms with Gasteiger partial charge in [-0.25, -0.2) is 0 Å². The van der Waals surface area contributed by atoms with Gasteiger partial charge in [0.2, 0.25) is 0 Å². The van der Waals surface area contributed by atoms with Crippen LogP contribution in [0.1, 0.15) is 32.6 Å². The maximum absolute atomic E-state index is 11.7. The van der Waals surface area contributed by atoms with Crippen LogP contribution in [0.4, 0.5) is 0 Å². The molecule has 1 aliphatic carbocycles. The van der Waals surface area contributed by atoms with Crippen molar-refractivity contribution in [2.45, 2.75) is 44.8 Å². The first-order chi connectivity index (χ1) is 10.1. The number of aliphatic hydroxyl groups is 1. The molecule has 2 rings (SSSR count). The molecule has 0 saturated heterocycles. The summed E-state index contributed by atoms with van der Waals surface area (Å²) in [6, 6.07) is 1.89. The van der Waals surface area contributed by atoms with E-state index in [2.05, 4.69) is 10.4 Å². The van der Waals surface area contributed by atoms with Crippen molar-refractivity contribution in [2.24, 2.45) is 5.92 Å². The Morgan fingerprint density at radius 3 is 2.90 bits per heavy atom. The lowest BCUT2D eigenvalue weighted by Gasteiger charge is -2.35. The lowest BCUT2D eigenvalue weighted by atomic mass is 9.79. The van der Waals surface area contributed by atoms with Crippen LogP contribution in [0.25, 0.3) is 0 Å². The fraction of sp³-hybridized carbons (Fsp3) is 0.733. The number of nitrogens with one attached hydrogen (secondary N) is 1. The van der Waals surface area contributed by atoms with Crippen LogP contribution in [0.3, 0.4) is 0 Å². The smallest absolute Gasteiger partial charge is 0.308 e. The van der Waals surface area contributed by atoms with Crippen molar-refractivity contribution in [3.05, 3.63) is 18.5 Å². The zero-order valence-corrected chi connectivity index (χ0v) is 12.6. The van der Waals surface area contributed by atoms with Crippen molar-refractivity contribution in [2.75, 3.05) is 19.7 Å². The van der Waals surface area contributed by atoms with E-state index in [0.717, 1.165) is 13.1 Å². The molecule has 0 radical (unpaired) electrons. The molecule has 1 aromatic heterocycles. The van der Waals surface area contributed by atoms with Crippen molar-refractivity contribution < 1.29 is 14.6 Å². The summed E-state index contributed by atoms with van der Waals surface area (Å²) in [5, 5.41) is 17.9. The second-order valence-corrected chi connectivity index (χ2v) is 5.70. The van der Waals surface area contributed by atoms with Gasteiger partial charge >= 0.3 is 5.97 Å². The zero-order chi connectivity index (χ0) is 15.1. The number of carbonyl (C=O) groups is 1. The van der Waals surface area contributed by atoms with E-state index in [4.69, 9.17) is 4.74 Å². The van der Waals surface area contributed by atoms with Gasteiger partial charge in [-0.2, -0.15) is 5.10 Å². The molecule has 118 valence electrons. The molecule has 0 bridgehead atoms. The van der Waals surface area contributed by atoms with E-state index in [1.54, 1.807) is 6.20 Å². The minimum absolute atomic E-state index is 0.0469. The van der Waals surface area contributed by atoms with Gasteiger partial charge in [-0.15, -0.1) is 0 Å². The van der Waals surface area contributed by atoms with Gasteiger partial charge in [0, 0.05) is 25.5 Å². The number of rotatable bonds is 7. The molecule has 1 aromatic rings. The molecular weight excluding hydrogens is 270 g/mol. The van der Waals surface area contributed by atoms with Gasteiger partial charge in [0.1, 0.15) is 0 Å². The first-order valence-corrected chi connectivity index (χ1v) is 7.70. The Morgan fingerprint density at radius 1 is 1.52 bits per heavy atom. The lowest BCUT2D eigenvalue weighted by Crippen LogP contribution is -2.45. The van der Waals surface area contributed by atoms with Crippen molar-refractivity contribution in [3.8, 4) is 0 Å². The monoisotopic (exact) mass is 295 g/mol. The minimum atomic E-state index is -0.701. The first kappa shape index (κ1) is 16.0. The third-order valence-corrected chi connectivity index (χ3v) is 4.07. The van der Waals surface area contributed by atoms with Gasteiger partial charge in [-0.1, -0.05) is 0 Å². The molecule has 21 heavy (non-hydrogen) atoms. The van der Waals surface area contributed by atoms with Crippen LogP contribution in [0, 0.1) is 5.92 Å². The summed E-state index contributed by atoms with van der Waals surface area (Å²) in [7, 11) is 0. The highest BCUT2D eigenvalue weighted by Gasteiger charge is 2.35. The van der Waals surface area contributed by atoms with Gasteiger partial charge in [0.25, 0.3) is 0 Å². The Morgan fingerprint density at radius 2 is 2.29 bits per heavy atom. The third kappa shape index (κ3) is 4.82. The Bertz CT molecular complexity index is 425. The highest BCUT2D eigenvalue weighted by Crippen LogP contribution is 2.32. The summed E-state index contributed by atoms with van der Waals surface area (Å²) in [4.78, 5) is 11.7. The number of hydrogen-bond acceptors (Lipinski definition) is 5. The van der Waals surface area contributed by atoms with Crippen LogP contribution in [0.2, 0.25) is 0 Å². The van der Waals surface area contributed by atoms with Gasteiger partial charge in [-0.3, -0.25) is 9.48 Å². The molecule has 0 aromatic carbocycles. The molecule has 2 N–H and O–H groups in total. The molecule has 1 aliphatic rings. The van der Waals surface area contributed by atoms with Crippen molar-refractivity contribution in [1.29, 1.82) is 0 Å². The maximum atomic E-state index is 11.7. The second kappa shape index (κ2) is 7.56. The van der Waals surface area contributed by atoms with E-state index < -0.39 is 5.60 Å². The molecule has 0 spiro atoms. The van der Waals surface area contributed by atoms with Crippen molar-refractivity contribution >= 4 is 5.97 Å². The average molecular weight is 295 g/mol. The number of ether oxygens (including phenoxy) is 1. The molecule has 1 heterocycles. The van der Waals surface area contributed by atoms with E-state index in [0.29, 0.717) is 38.8 Å². The van der Waals surface area contributed by atoms with Gasteiger partial charge in [0.15, 0.2) is 0 Å². The van der Waals surface area contributed by atoms with Gasteiger partial charge < -0.3 is 15.2 Å². The predicted octanol–water partition coefficient (Wildman–Crippen LogP) is 0.957. The molecular formula is C15H25N3O3. The lowest BCUT2D eigenvalue weighted by molar-refractivity contribution is -0.151. The summed E-state index contributed by atoms with van der Waals surface area (Å²) < 4.78 is 6.90. The quantitative estimate of drug-likeness (QED) is 0.579. The summed E-state index contributed by atoms with van der Waals surface area (Å²) in [5.74, 6) is -0.166. The largest absolute Gasteiger partial charge is 0.466 e. The molecule has 0 unspecified atom stereocenters. The fourth-order valence-electron chi connectivity index (χ4n) is 2.78. The molecule has 6 nitrogen and oxygen atoms in total. The number of aromatic nitrogens is 2. The van der Waals surface area contributed by atoms with E-state index in [-0.39, 0.29) is 11.9 Å². The van der Waals surface area contributed by atoms with E-state index >= 15 is 0 Å². The molecule has 0 atom stereocenters. The van der Waals surface area contributed by atoms with Crippen LogP contribution in [0.5, 0.6) is 0 Å². The first-order valence-electron chi connectivity index (χ1n) is 7.70. The van der Waals surface area contributed by atoms with E-state index in [1.165, 1.54) is 0 Å². The summed E-state index contributed by atoms with van der Waals surface area (Å²) in [6.07, 6.45) is 6.37. The van der Waals surface area contributed by atoms with Crippen molar-refractivity contribution in [3.63, 3.8) is 0 Å². The molecule has 1 saturated carbocycles. The maximum Gasteiger partial charge on any atom is 0.308 e. The SMILES string of the molecule is CCOC(=O)C1CCC(O)(CNCCn2cccn2)CC1. The van der Waals surface area contributed by atoms with Crippen LogP contribution in [-0.4, -0.2) is 46.2 Å². The summed E-state index contributed by atoms with van der Waals surface area (Å²) in [6.45, 7) is 4.36. The molecule has 0 amide bonds. The normalized spacial score (nSPS) is 25.7. The van der Waals surface area contributed by atoms with E-state index in [9.17, 15) is 9.90 Å².